The van der Waals surface area contributed by atoms with Crippen molar-refractivity contribution in [2.24, 2.45) is 0 Å². The van der Waals surface area contributed by atoms with Crippen molar-refractivity contribution in [1.29, 1.82) is 0 Å². The van der Waals surface area contributed by atoms with E-state index in [1.807, 2.05) is 36.9 Å². The summed E-state index contributed by atoms with van der Waals surface area (Å²) in [5.74, 6) is 0.458. The van der Waals surface area contributed by atoms with E-state index in [2.05, 4.69) is 25.5 Å². The van der Waals surface area contributed by atoms with Crippen molar-refractivity contribution in [3.05, 3.63) is 64.3 Å². The summed E-state index contributed by atoms with van der Waals surface area (Å²) in [6, 6.07) is 6.96. The second-order valence-corrected chi connectivity index (χ2v) is 10.5. The second-order valence-electron chi connectivity index (χ2n) is 9.73. The average Bonchev–Trinajstić information content (AvgIpc) is 3.24. The maximum Gasteiger partial charge on any atom is 0.166 e. The third-order valence-electron chi connectivity index (χ3n) is 6.44. The molecular weight excluding hydrogens is 518 g/mol. The number of aliphatic hydroxyl groups is 1. The molecule has 11 heteroatoms. The van der Waals surface area contributed by atoms with E-state index < -0.39 is 18.0 Å². The predicted molar refractivity (Wildman–Crippen MR) is 143 cm³/mol. The highest BCUT2D eigenvalue weighted by atomic mass is 35.5. The molecule has 0 unspecified atom stereocenters. The van der Waals surface area contributed by atoms with Crippen LogP contribution in [0.2, 0.25) is 10.0 Å². The first-order valence-corrected chi connectivity index (χ1v) is 12.7. The number of pyridine rings is 2. The van der Waals surface area contributed by atoms with Crippen LogP contribution >= 0.6 is 23.2 Å². The molecule has 0 aliphatic carbocycles. The normalized spacial score (nSPS) is 16.5. The quantitative estimate of drug-likeness (QED) is 0.282. The fourth-order valence-electron chi connectivity index (χ4n) is 4.60. The van der Waals surface area contributed by atoms with E-state index >= 15 is 4.39 Å². The summed E-state index contributed by atoms with van der Waals surface area (Å²) in [5.41, 5.74) is 2.35. The molecule has 1 fully saturated rings. The smallest absolute Gasteiger partial charge is 0.166 e. The molecule has 3 aromatic heterocycles. The van der Waals surface area contributed by atoms with Gasteiger partial charge in [-0.2, -0.15) is 5.10 Å². The van der Waals surface area contributed by atoms with Crippen LogP contribution < -0.4 is 15.0 Å². The number of anilines is 1. The number of ether oxygens (including phenoxy) is 1. The zero-order valence-corrected chi connectivity index (χ0v) is 22.1. The van der Waals surface area contributed by atoms with E-state index in [9.17, 15) is 5.11 Å². The van der Waals surface area contributed by atoms with Crippen molar-refractivity contribution < 1.29 is 14.2 Å². The Kier molecular flexibility index (Phi) is 6.97. The molecule has 0 radical (unpaired) electrons. The van der Waals surface area contributed by atoms with Gasteiger partial charge in [-0.25, -0.2) is 9.37 Å². The Morgan fingerprint density at radius 3 is 2.59 bits per heavy atom. The highest BCUT2D eigenvalue weighted by Gasteiger charge is 2.40. The molecule has 37 heavy (non-hydrogen) atoms. The number of aliphatic hydroxyl groups excluding tert-OH is 1. The van der Waals surface area contributed by atoms with E-state index in [1.165, 1.54) is 18.5 Å². The minimum absolute atomic E-state index is 0.194. The van der Waals surface area contributed by atoms with Crippen molar-refractivity contribution in [3.8, 4) is 17.0 Å². The number of hydrogen-bond donors (Lipinski definition) is 3. The van der Waals surface area contributed by atoms with Gasteiger partial charge in [-0.15, -0.1) is 0 Å². The summed E-state index contributed by atoms with van der Waals surface area (Å²) in [5, 5.41) is 21.8. The Morgan fingerprint density at radius 2 is 1.92 bits per heavy atom. The van der Waals surface area contributed by atoms with Crippen molar-refractivity contribution in [1.82, 2.24) is 25.5 Å². The Balaban J connectivity index is 1.35. The number of nitrogens with one attached hydrogen (secondary N) is 2. The summed E-state index contributed by atoms with van der Waals surface area (Å²) >= 11 is 12.6. The third-order valence-corrected chi connectivity index (χ3v) is 7.05. The molecular formula is C26H27Cl2FN6O2. The fourth-order valence-corrected chi connectivity index (χ4v) is 5.28. The van der Waals surface area contributed by atoms with Gasteiger partial charge in [-0.05, 0) is 45.0 Å². The zero-order chi connectivity index (χ0) is 26.3. The summed E-state index contributed by atoms with van der Waals surface area (Å²) in [6.07, 6.45) is 3.81. The third kappa shape index (κ3) is 5.22. The van der Waals surface area contributed by atoms with E-state index in [0.717, 1.165) is 10.9 Å². The number of aromatic amines is 1. The van der Waals surface area contributed by atoms with Crippen LogP contribution in [0.1, 0.15) is 32.4 Å². The Morgan fingerprint density at radius 1 is 1.19 bits per heavy atom. The number of aromatic nitrogens is 4. The maximum atomic E-state index is 15.1. The first-order chi connectivity index (χ1) is 17.6. The molecule has 3 N–H and O–H groups in total. The van der Waals surface area contributed by atoms with Crippen LogP contribution in [-0.4, -0.2) is 56.5 Å². The fraction of sp³-hybridized carbons (Fsp3) is 0.346. The van der Waals surface area contributed by atoms with Crippen LogP contribution in [0.15, 0.2) is 42.9 Å². The van der Waals surface area contributed by atoms with Gasteiger partial charge in [0.05, 0.1) is 27.2 Å². The van der Waals surface area contributed by atoms with Gasteiger partial charge in [0.25, 0.3) is 0 Å². The lowest BCUT2D eigenvalue weighted by atomic mass is 9.92. The van der Waals surface area contributed by atoms with Gasteiger partial charge in [0.1, 0.15) is 17.5 Å². The van der Waals surface area contributed by atoms with E-state index in [0.29, 0.717) is 58.1 Å². The number of benzene rings is 1. The summed E-state index contributed by atoms with van der Waals surface area (Å²) < 4.78 is 21.3. The number of β-amino-alcohol motifs (C(OH)–C–C–N with tert-alkyl or cyclic N) is 1. The zero-order valence-electron chi connectivity index (χ0n) is 20.6. The van der Waals surface area contributed by atoms with Crippen molar-refractivity contribution >= 4 is 39.9 Å². The molecule has 0 spiro atoms. The molecule has 4 heterocycles. The lowest BCUT2D eigenvalue weighted by molar-refractivity contribution is 0.163. The van der Waals surface area contributed by atoms with Gasteiger partial charge < -0.3 is 20.1 Å². The first kappa shape index (κ1) is 25.7. The van der Waals surface area contributed by atoms with Gasteiger partial charge in [0.2, 0.25) is 0 Å². The minimum Gasteiger partial charge on any atom is -0.486 e. The van der Waals surface area contributed by atoms with Gasteiger partial charge in [0.15, 0.2) is 11.6 Å². The second kappa shape index (κ2) is 10.1. The average molecular weight is 545 g/mol. The molecule has 5 rings (SSSR count). The first-order valence-electron chi connectivity index (χ1n) is 11.9. The molecule has 1 aliphatic heterocycles. The lowest BCUT2D eigenvalue weighted by Crippen LogP contribution is -2.68. The van der Waals surface area contributed by atoms with Gasteiger partial charge in [-0.1, -0.05) is 23.2 Å². The molecule has 1 aliphatic rings. The topological polar surface area (TPSA) is 99.2 Å². The van der Waals surface area contributed by atoms with Crippen molar-refractivity contribution in [3.63, 3.8) is 0 Å². The van der Waals surface area contributed by atoms with Crippen LogP contribution in [0.25, 0.3) is 22.2 Å². The number of fused-ring (bicyclic) bond motifs is 1. The largest absolute Gasteiger partial charge is 0.486 e. The van der Waals surface area contributed by atoms with Crippen LogP contribution in [-0.2, 0) is 0 Å². The van der Waals surface area contributed by atoms with E-state index in [-0.39, 0.29) is 5.54 Å². The standard InChI is InChI=1S/C26H27Cl2FN6O2/c1-14(36)8-32-26(3)12-35(13-26)25-21(29)6-16(9-31-25)24-18-7-17(4-5-22(18)33-34-24)37-15(2)23-19(27)10-30-11-20(23)28/h4-7,9-11,14-15,32,36H,8,12-13H2,1-3H3,(H,33,34)/t14-,15+/m0/s1. The monoisotopic (exact) mass is 544 g/mol. The Bertz CT molecular complexity index is 1420. The molecule has 8 nitrogen and oxygen atoms in total. The number of hydrogen-bond acceptors (Lipinski definition) is 7. The Hall–Kier alpha value is -2.98. The van der Waals surface area contributed by atoms with Crippen LogP contribution in [0.3, 0.4) is 0 Å². The van der Waals surface area contributed by atoms with E-state index in [1.54, 1.807) is 13.1 Å². The molecule has 4 aromatic rings. The van der Waals surface area contributed by atoms with Gasteiger partial charge in [0, 0.05) is 54.7 Å². The number of halogens is 3. The predicted octanol–water partition coefficient (Wildman–Crippen LogP) is 5.15. The number of rotatable bonds is 8. The summed E-state index contributed by atoms with van der Waals surface area (Å²) in [6.45, 7) is 7.31. The molecule has 0 saturated carbocycles. The van der Waals surface area contributed by atoms with Crippen molar-refractivity contribution in [2.75, 3.05) is 24.5 Å². The highest BCUT2D eigenvalue weighted by molar-refractivity contribution is 6.35. The summed E-state index contributed by atoms with van der Waals surface area (Å²) in [7, 11) is 0. The minimum atomic E-state index is -0.441. The number of H-pyrrole nitrogens is 1. The lowest BCUT2D eigenvalue weighted by Gasteiger charge is -2.49. The number of nitrogens with zero attached hydrogens (tertiary/aromatic N) is 4. The molecule has 2 atom stereocenters. The van der Waals surface area contributed by atoms with Crippen LogP contribution in [0.4, 0.5) is 10.2 Å². The maximum absolute atomic E-state index is 15.1. The van der Waals surface area contributed by atoms with Gasteiger partial charge in [-0.3, -0.25) is 10.1 Å². The van der Waals surface area contributed by atoms with Gasteiger partial charge >= 0.3 is 0 Å². The SMILES string of the molecule is C[C@H](O)CNC1(C)CN(c2ncc(-c3n[nH]c4ccc(O[C@H](C)c5c(Cl)cncc5Cl)cc34)cc2F)C1. The van der Waals surface area contributed by atoms with Crippen molar-refractivity contribution in [2.45, 2.75) is 38.5 Å². The molecule has 1 saturated heterocycles. The molecule has 1 aromatic carbocycles. The highest BCUT2D eigenvalue weighted by Crippen LogP contribution is 2.36. The molecule has 194 valence electrons. The Labute approximate surface area is 223 Å². The van der Waals surface area contributed by atoms with E-state index in [4.69, 9.17) is 27.9 Å². The summed E-state index contributed by atoms with van der Waals surface area (Å²) in [4.78, 5) is 10.3. The van der Waals surface area contributed by atoms with Crippen LogP contribution in [0, 0.1) is 5.82 Å². The molecule has 0 bridgehead atoms. The van der Waals surface area contributed by atoms with Crippen LogP contribution in [0.5, 0.6) is 5.75 Å². The molecule has 0 amide bonds.